The van der Waals surface area contributed by atoms with Gasteiger partial charge in [-0.15, -0.1) is 0 Å². The molecule has 0 aliphatic rings. The summed E-state index contributed by atoms with van der Waals surface area (Å²) in [6.07, 6.45) is 0.322. The van der Waals surface area contributed by atoms with E-state index in [1.54, 1.807) is 31.2 Å². The lowest BCUT2D eigenvalue weighted by molar-refractivity contribution is 0.0851. The maximum Gasteiger partial charge on any atom is 0.251 e. The minimum Gasteiger partial charge on any atom is -0.386 e. The Bertz CT molecular complexity index is 634. The monoisotopic (exact) mass is 308 g/mol. The van der Waals surface area contributed by atoms with Crippen molar-refractivity contribution in [2.75, 3.05) is 0 Å². The molecule has 0 radical (unpaired) electrons. The van der Waals surface area contributed by atoms with Crippen LogP contribution in [0.3, 0.4) is 0 Å². The van der Waals surface area contributed by atoms with Crippen molar-refractivity contribution in [2.24, 2.45) is 0 Å². The summed E-state index contributed by atoms with van der Waals surface area (Å²) in [6.45, 7) is 1.66. The molecule has 1 aromatic carbocycles. The van der Waals surface area contributed by atoms with Crippen LogP contribution in [0.15, 0.2) is 42.6 Å². The first-order valence-electron chi connectivity index (χ1n) is 6.33. The molecular formula is C15H14ClFN2O2. The van der Waals surface area contributed by atoms with E-state index in [0.29, 0.717) is 10.6 Å². The summed E-state index contributed by atoms with van der Waals surface area (Å²) in [6, 6.07) is 8.58. The van der Waals surface area contributed by atoms with Crippen LogP contribution in [0.4, 0.5) is 4.39 Å². The summed E-state index contributed by atoms with van der Waals surface area (Å²) in [5.41, 5.74) is 0.783. The van der Waals surface area contributed by atoms with E-state index in [1.807, 2.05) is 0 Å². The summed E-state index contributed by atoms with van der Waals surface area (Å²) in [5, 5.41) is 13.4. The van der Waals surface area contributed by atoms with Crippen molar-refractivity contribution in [1.82, 2.24) is 10.3 Å². The van der Waals surface area contributed by atoms with Crippen LogP contribution in [-0.2, 0) is 0 Å². The number of rotatable bonds is 4. The second-order valence-corrected chi connectivity index (χ2v) is 5.06. The van der Waals surface area contributed by atoms with Gasteiger partial charge in [0.25, 0.3) is 5.91 Å². The average molecular weight is 309 g/mol. The quantitative estimate of drug-likeness (QED) is 0.854. The number of carbonyl (C=O) groups excluding carboxylic acids is 1. The number of hydrogen-bond donors (Lipinski definition) is 2. The number of carbonyl (C=O) groups is 1. The Balaban J connectivity index is 2.05. The molecule has 6 heteroatoms. The SMILES string of the molecule is CC(NC(=O)c1ccnc(F)c1)C(O)c1ccc(Cl)cc1. The molecule has 1 aromatic heterocycles. The molecule has 4 nitrogen and oxygen atoms in total. The molecule has 2 atom stereocenters. The summed E-state index contributed by atoms with van der Waals surface area (Å²) >= 11 is 5.78. The van der Waals surface area contributed by atoms with Crippen molar-refractivity contribution in [2.45, 2.75) is 19.1 Å². The van der Waals surface area contributed by atoms with Gasteiger partial charge in [0, 0.05) is 22.8 Å². The van der Waals surface area contributed by atoms with Gasteiger partial charge >= 0.3 is 0 Å². The third kappa shape index (κ3) is 4.00. The van der Waals surface area contributed by atoms with Crippen LogP contribution in [0.2, 0.25) is 5.02 Å². The molecule has 0 fully saturated rings. The summed E-state index contributed by atoms with van der Waals surface area (Å²) in [4.78, 5) is 15.3. The Morgan fingerprint density at radius 3 is 2.62 bits per heavy atom. The van der Waals surface area contributed by atoms with Gasteiger partial charge < -0.3 is 10.4 Å². The van der Waals surface area contributed by atoms with E-state index in [2.05, 4.69) is 10.3 Å². The Morgan fingerprint density at radius 2 is 2.00 bits per heavy atom. The highest BCUT2D eigenvalue weighted by atomic mass is 35.5. The number of nitrogens with one attached hydrogen (secondary N) is 1. The number of aromatic nitrogens is 1. The molecule has 21 heavy (non-hydrogen) atoms. The molecule has 0 aliphatic carbocycles. The molecule has 2 N–H and O–H groups in total. The topological polar surface area (TPSA) is 62.2 Å². The lowest BCUT2D eigenvalue weighted by atomic mass is 10.0. The van der Waals surface area contributed by atoms with E-state index in [-0.39, 0.29) is 5.56 Å². The molecule has 0 spiro atoms. The predicted octanol–water partition coefficient (Wildman–Crippen LogP) is 2.73. The van der Waals surface area contributed by atoms with Gasteiger partial charge in [0.15, 0.2) is 0 Å². The minimum atomic E-state index is -0.891. The predicted molar refractivity (Wildman–Crippen MR) is 77.5 cm³/mol. The highest BCUT2D eigenvalue weighted by Crippen LogP contribution is 2.19. The number of aliphatic hydroxyl groups is 1. The maximum absolute atomic E-state index is 13.0. The molecule has 0 bridgehead atoms. The van der Waals surface area contributed by atoms with Crippen molar-refractivity contribution >= 4 is 17.5 Å². The zero-order valence-corrected chi connectivity index (χ0v) is 12.0. The van der Waals surface area contributed by atoms with E-state index in [4.69, 9.17) is 11.6 Å². The van der Waals surface area contributed by atoms with Gasteiger partial charge in [-0.1, -0.05) is 23.7 Å². The second-order valence-electron chi connectivity index (χ2n) is 4.63. The van der Waals surface area contributed by atoms with Gasteiger partial charge in [-0.05, 0) is 30.7 Å². The van der Waals surface area contributed by atoms with Crippen molar-refractivity contribution in [3.63, 3.8) is 0 Å². The van der Waals surface area contributed by atoms with Gasteiger partial charge in [0.1, 0.15) is 0 Å². The van der Waals surface area contributed by atoms with E-state index < -0.39 is 24.0 Å². The standard InChI is InChI=1S/C15H14ClFN2O2/c1-9(14(20)10-2-4-12(16)5-3-10)19-15(21)11-6-7-18-13(17)8-11/h2-9,14,20H,1H3,(H,19,21). The Kier molecular flexibility index (Phi) is 4.88. The second kappa shape index (κ2) is 6.65. The van der Waals surface area contributed by atoms with Crippen molar-refractivity contribution in [3.8, 4) is 0 Å². The van der Waals surface area contributed by atoms with Crippen LogP contribution in [-0.4, -0.2) is 22.0 Å². The van der Waals surface area contributed by atoms with E-state index in [9.17, 15) is 14.3 Å². The normalized spacial score (nSPS) is 13.5. The smallest absolute Gasteiger partial charge is 0.251 e. The fourth-order valence-electron chi connectivity index (χ4n) is 1.86. The molecule has 2 rings (SSSR count). The van der Waals surface area contributed by atoms with Crippen LogP contribution in [0.5, 0.6) is 0 Å². The van der Waals surface area contributed by atoms with Crippen LogP contribution >= 0.6 is 11.6 Å². The van der Waals surface area contributed by atoms with Crippen molar-refractivity contribution in [3.05, 3.63) is 64.7 Å². The molecule has 0 saturated heterocycles. The highest BCUT2D eigenvalue weighted by Gasteiger charge is 2.19. The first kappa shape index (κ1) is 15.4. The van der Waals surface area contributed by atoms with Gasteiger partial charge in [0.05, 0.1) is 12.1 Å². The number of benzene rings is 1. The molecule has 0 saturated carbocycles. The van der Waals surface area contributed by atoms with Crippen molar-refractivity contribution in [1.29, 1.82) is 0 Å². The van der Waals surface area contributed by atoms with Crippen LogP contribution in [0.1, 0.15) is 28.9 Å². The summed E-state index contributed by atoms with van der Waals surface area (Å²) in [5.74, 6) is -1.20. The van der Waals surface area contributed by atoms with E-state index in [0.717, 1.165) is 6.07 Å². The summed E-state index contributed by atoms with van der Waals surface area (Å²) in [7, 11) is 0. The zero-order valence-electron chi connectivity index (χ0n) is 11.3. The van der Waals surface area contributed by atoms with Crippen LogP contribution < -0.4 is 5.32 Å². The average Bonchev–Trinajstić information content (AvgIpc) is 2.47. The third-order valence-corrected chi connectivity index (χ3v) is 3.28. The Hall–Kier alpha value is -1.98. The van der Waals surface area contributed by atoms with E-state index >= 15 is 0 Å². The Labute approximate surface area is 126 Å². The van der Waals surface area contributed by atoms with Crippen LogP contribution in [0, 0.1) is 5.95 Å². The first-order valence-corrected chi connectivity index (χ1v) is 6.71. The largest absolute Gasteiger partial charge is 0.386 e. The Morgan fingerprint density at radius 1 is 1.33 bits per heavy atom. The van der Waals surface area contributed by atoms with Gasteiger partial charge in [-0.2, -0.15) is 4.39 Å². The van der Waals surface area contributed by atoms with Gasteiger partial charge in [-0.3, -0.25) is 4.79 Å². The number of nitrogens with zero attached hydrogens (tertiary/aromatic N) is 1. The number of aliphatic hydroxyl groups excluding tert-OH is 1. The molecule has 110 valence electrons. The highest BCUT2D eigenvalue weighted by molar-refractivity contribution is 6.30. The molecular weight excluding hydrogens is 295 g/mol. The molecule has 1 amide bonds. The van der Waals surface area contributed by atoms with Crippen molar-refractivity contribution < 1.29 is 14.3 Å². The fraction of sp³-hybridized carbons (Fsp3) is 0.200. The molecule has 0 aliphatic heterocycles. The number of amides is 1. The molecule has 2 unspecified atom stereocenters. The molecule has 1 heterocycles. The maximum atomic E-state index is 13.0. The third-order valence-electron chi connectivity index (χ3n) is 3.03. The number of halogens is 2. The number of pyridine rings is 1. The van der Waals surface area contributed by atoms with Gasteiger partial charge in [0.2, 0.25) is 5.95 Å². The summed E-state index contributed by atoms with van der Waals surface area (Å²) < 4.78 is 13.0. The lowest BCUT2D eigenvalue weighted by Gasteiger charge is -2.20. The molecule has 2 aromatic rings. The number of hydrogen-bond acceptors (Lipinski definition) is 3. The fourth-order valence-corrected chi connectivity index (χ4v) is 1.99. The lowest BCUT2D eigenvalue weighted by Crippen LogP contribution is -2.37. The minimum absolute atomic E-state index is 0.151. The van der Waals surface area contributed by atoms with Gasteiger partial charge in [-0.25, -0.2) is 4.98 Å². The van der Waals surface area contributed by atoms with E-state index in [1.165, 1.54) is 12.3 Å². The van der Waals surface area contributed by atoms with Crippen LogP contribution in [0.25, 0.3) is 0 Å². The zero-order chi connectivity index (χ0) is 15.4. The first-order chi connectivity index (χ1) is 9.97.